The summed E-state index contributed by atoms with van der Waals surface area (Å²) < 4.78 is 38.6. The molecular weight excluding hydrogens is 335 g/mol. The largest absolute Gasteiger partial charge is 0.451 e. The number of allylic oxidation sites excluding steroid dienone is 1. The normalized spacial score (nSPS) is 20.9. The fraction of sp³-hybridized carbons (Fsp3) is 0.500. The molecule has 0 saturated heterocycles. The second-order valence-corrected chi connectivity index (χ2v) is 6.07. The maximum Gasteiger partial charge on any atom is 0.451 e. The molecule has 1 aliphatic carbocycles. The van der Waals surface area contributed by atoms with Crippen LogP contribution in [0.15, 0.2) is 33.2 Å². The molecule has 1 unspecified atom stereocenters. The van der Waals surface area contributed by atoms with Crippen molar-refractivity contribution in [3.05, 3.63) is 43.4 Å². The lowest BCUT2D eigenvalue weighted by molar-refractivity contribution is -0.437. The van der Waals surface area contributed by atoms with E-state index in [4.69, 9.17) is 0 Å². The second kappa shape index (κ2) is 5.39. The topological polar surface area (TPSA) is 123 Å². The SMILES string of the molecule is CC(C)(C)NC1=C([N+](=O)[O-])C=C([N+](=O)[O-])C2N=C(C(F)(F)F)N=C12. The van der Waals surface area contributed by atoms with E-state index in [9.17, 15) is 33.4 Å². The second-order valence-electron chi connectivity index (χ2n) is 6.07. The van der Waals surface area contributed by atoms with Crippen molar-refractivity contribution in [1.82, 2.24) is 5.32 Å². The summed E-state index contributed by atoms with van der Waals surface area (Å²) in [6.45, 7) is 4.88. The van der Waals surface area contributed by atoms with Crippen LogP contribution in [-0.4, -0.2) is 39.2 Å². The van der Waals surface area contributed by atoms with E-state index < -0.39 is 50.5 Å². The predicted octanol–water partition coefficient (Wildman–Crippen LogP) is 1.82. The minimum atomic E-state index is -4.92. The van der Waals surface area contributed by atoms with Crippen LogP contribution >= 0.6 is 0 Å². The predicted molar refractivity (Wildman–Crippen MR) is 76.7 cm³/mol. The molecule has 0 aromatic rings. The Kier molecular flexibility index (Phi) is 3.94. The van der Waals surface area contributed by atoms with Crippen LogP contribution < -0.4 is 5.32 Å². The first-order chi connectivity index (χ1) is 10.8. The van der Waals surface area contributed by atoms with Gasteiger partial charge in [0.1, 0.15) is 11.4 Å². The van der Waals surface area contributed by atoms with Gasteiger partial charge in [0.25, 0.3) is 5.70 Å². The van der Waals surface area contributed by atoms with Crippen molar-refractivity contribution in [1.29, 1.82) is 0 Å². The molecule has 2 rings (SSSR count). The van der Waals surface area contributed by atoms with Gasteiger partial charge in [-0.2, -0.15) is 13.2 Å². The van der Waals surface area contributed by atoms with Gasteiger partial charge in [-0.3, -0.25) is 20.2 Å². The first-order valence-corrected chi connectivity index (χ1v) is 6.58. The number of halogens is 3. The number of aliphatic imine (C=N–C) groups is 2. The van der Waals surface area contributed by atoms with Gasteiger partial charge >= 0.3 is 11.9 Å². The van der Waals surface area contributed by atoms with Crippen molar-refractivity contribution in [2.45, 2.75) is 38.5 Å². The fourth-order valence-corrected chi connectivity index (χ4v) is 2.14. The number of rotatable bonds is 3. The highest BCUT2D eigenvalue weighted by Gasteiger charge is 2.49. The molecule has 2 aliphatic rings. The summed E-state index contributed by atoms with van der Waals surface area (Å²) in [5.74, 6) is -1.56. The lowest BCUT2D eigenvalue weighted by atomic mass is 9.96. The highest BCUT2D eigenvalue weighted by Crippen LogP contribution is 2.32. The van der Waals surface area contributed by atoms with Crippen molar-refractivity contribution in [2.75, 3.05) is 0 Å². The van der Waals surface area contributed by atoms with Crippen LogP contribution in [-0.2, 0) is 0 Å². The van der Waals surface area contributed by atoms with Crippen molar-refractivity contribution in [3.8, 4) is 0 Å². The Hall–Kier alpha value is -2.79. The number of amidine groups is 1. The zero-order valence-electron chi connectivity index (χ0n) is 12.7. The van der Waals surface area contributed by atoms with Crippen LogP contribution in [0.2, 0.25) is 0 Å². The molecule has 0 saturated carbocycles. The summed E-state index contributed by atoms with van der Waals surface area (Å²) in [7, 11) is 0. The van der Waals surface area contributed by atoms with Gasteiger partial charge in [0.15, 0.2) is 6.04 Å². The Morgan fingerprint density at radius 2 is 1.75 bits per heavy atom. The maximum absolute atomic E-state index is 12.9. The van der Waals surface area contributed by atoms with Gasteiger partial charge in [-0.05, 0) is 20.8 Å². The average molecular weight is 347 g/mol. The number of nitrogens with zero attached hydrogens (tertiary/aromatic N) is 4. The number of nitro groups is 2. The summed E-state index contributed by atoms with van der Waals surface area (Å²) in [4.78, 5) is 26.9. The Bertz CT molecular complexity index is 743. The molecule has 1 heterocycles. The van der Waals surface area contributed by atoms with E-state index in [1.165, 1.54) is 0 Å². The minimum absolute atomic E-state index is 0.314. The molecular formula is C12H12F3N5O4. The molecule has 0 radical (unpaired) electrons. The zero-order chi connectivity index (χ0) is 18.4. The summed E-state index contributed by atoms with van der Waals surface area (Å²) in [6.07, 6.45) is -4.31. The average Bonchev–Trinajstić information content (AvgIpc) is 2.81. The summed E-state index contributed by atoms with van der Waals surface area (Å²) >= 11 is 0. The molecule has 0 aromatic carbocycles. The minimum Gasteiger partial charge on any atom is -0.373 e. The van der Waals surface area contributed by atoms with Gasteiger partial charge in [0.2, 0.25) is 5.84 Å². The third-order valence-corrected chi connectivity index (χ3v) is 2.97. The molecule has 1 atom stereocenters. The molecule has 0 spiro atoms. The Labute approximate surface area is 133 Å². The third kappa shape index (κ3) is 3.26. The van der Waals surface area contributed by atoms with Crippen LogP contribution in [0.4, 0.5) is 13.2 Å². The monoisotopic (exact) mass is 347 g/mol. The molecule has 1 aliphatic heterocycles. The smallest absolute Gasteiger partial charge is 0.373 e. The van der Waals surface area contributed by atoms with E-state index in [1.54, 1.807) is 20.8 Å². The van der Waals surface area contributed by atoms with Crippen LogP contribution in [0.1, 0.15) is 20.8 Å². The van der Waals surface area contributed by atoms with Crippen LogP contribution in [0.5, 0.6) is 0 Å². The van der Waals surface area contributed by atoms with Crippen molar-refractivity contribution >= 4 is 11.5 Å². The zero-order valence-corrected chi connectivity index (χ0v) is 12.7. The van der Waals surface area contributed by atoms with Crippen LogP contribution in [0.25, 0.3) is 0 Å². The summed E-state index contributed by atoms with van der Waals surface area (Å²) in [5.41, 5.74) is -3.13. The van der Waals surface area contributed by atoms with Gasteiger partial charge in [-0.1, -0.05) is 0 Å². The first-order valence-electron chi connectivity index (χ1n) is 6.58. The molecule has 24 heavy (non-hydrogen) atoms. The maximum atomic E-state index is 12.9. The van der Waals surface area contributed by atoms with Crippen molar-refractivity contribution in [2.24, 2.45) is 9.98 Å². The first kappa shape index (κ1) is 17.6. The Morgan fingerprint density at radius 3 is 2.17 bits per heavy atom. The van der Waals surface area contributed by atoms with E-state index in [0.717, 1.165) is 0 Å². The molecule has 9 nitrogen and oxygen atoms in total. The Balaban J connectivity index is 2.69. The van der Waals surface area contributed by atoms with Gasteiger partial charge in [-0.25, -0.2) is 9.98 Å². The lowest BCUT2D eigenvalue weighted by Gasteiger charge is -2.26. The molecule has 130 valence electrons. The summed E-state index contributed by atoms with van der Waals surface area (Å²) in [6, 6.07) is -1.65. The number of alkyl halides is 3. The van der Waals surface area contributed by atoms with E-state index in [1.807, 2.05) is 0 Å². The number of nitrogens with one attached hydrogen (secondary N) is 1. The van der Waals surface area contributed by atoms with Crippen LogP contribution in [0.3, 0.4) is 0 Å². The summed E-state index contributed by atoms with van der Waals surface area (Å²) in [5, 5.41) is 25.0. The van der Waals surface area contributed by atoms with E-state index in [2.05, 4.69) is 15.3 Å². The number of fused-ring (bicyclic) bond motifs is 1. The van der Waals surface area contributed by atoms with Crippen LogP contribution in [0, 0.1) is 20.2 Å². The van der Waals surface area contributed by atoms with E-state index >= 15 is 0 Å². The Morgan fingerprint density at radius 1 is 1.17 bits per heavy atom. The van der Waals surface area contributed by atoms with E-state index in [0.29, 0.717) is 6.08 Å². The standard InChI is InChI=1S/C12H12F3N5O4/c1-11(2,3)18-8-6(20(23)24)4-5(19(21)22)7-9(8)17-10(16-7)12(13,14)15/h4,7,18H,1-3H3. The molecule has 12 heteroatoms. The third-order valence-electron chi connectivity index (χ3n) is 2.97. The van der Waals surface area contributed by atoms with E-state index in [-0.39, 0.29) is 5.70 Å². The fourth-order valence-electron chi connectivity index (χ4n) is 2.14. The molecule has 0 bridgehead atoms. The molecule has 1 N–H and O–H groups in total. The lowest BCUT2D eigenvalue weighted by Crippen LogP contribution is -2.43. The van der Waals surface area contributed by atoms with Gasteiger partial charge in [0, 0.05) is 5.54 Å². The highest BCUT2D eigenvalue weighted by atomic mass is 19.4. The number of hydrogen-bond donors (Lipinski definition) is 1. The molecule has 0 amide bonds. The van der Waals surface area contributed by atoms with Crippen molar-refractivity contribution in [3.63, 3.8) is 0 Å². The molecule has 0 aromatic heterocycles. The van der Waals surface area contributed by atoms with Gasteiger partial charge < -0.3 is 5.32 Å². The van der Waals surface area contributed by atoms with Gasteiger partial charge in [-0.15, -0.1) is 0 Å². The highest BCUT2D eigenvalue weighted by molar-refractivity contribution is 6.17. The van der Waals surface area contributed by atoms with Gasteiger partial charge in [0.05, 0.1) is 15.9 Å². The van der Waals surface area contributed by atoms with Crippen molar-refractivity contribution < 1.29 is 23.0 Å². The quantitative estimate of drug-likeness (QED) is 0.616. The molecule has 0 fully saturated rings. The number of hydrogen-bond acceptors (Lipinski definition) is 7.